The third-order valence-electron chi connectivity index (χ3n) is 3.88. The third-order valence-corrected chi connectivity index (χ3v) is 3.88. The van der Waals surface area contributed by atoms with Crippen LogP contribution in [0.15, 0.2) is 12.1 Å². The molecule has 1 aliphatic rings. The van der Waals surface area contributed by atoms with Crippen molar-refractivity contribution in [2.45, 2.75) is 26.7 Å². The average molecular weight is 249 g/mol. The maximum atomic E-state index is 11.1. The number of nitrogens with one attached hydrogen (secondary N) is 1. The first kappa shape index (κ1) is 12.7. The second-order valence-corrected chi connectivity index (χ2v) is 5.00. The Morgan fingerprint density at radius 1 is 1.39 bits per heavy atom. The standard InChI is InChI=1S/C14H19NO3/c1-9-10(2)12(18-3)5-4-11(9)15-8-14(6-7-14)13(16)17/h4-5,15H,6-8H2,1-3H3,(H,16,17). The van der Waals surface area contributed by atoms with Gasteiger partial charge in [-0.25, -0.2) is 0 Å². The molecule has 0 aliphatic heterocycles. The summed E-state index contributed by atoms with van der Waals surface area (Å²) >= 11 is 0. The van der Waals surface area contributed by atoms with Crippen molar-refractivity contribution in [2.75, 3.05) is 19.0 Å². The monoisotopic (exact) mass is 249 g/mol. The van der Waals surface area contributed by atoms with E-state index in [9.17, 15) is 4.79 Å². The first-order valence-electron chi connectivity index (χ1n) is 6.12. The number of carboxylic acids is 1. The molecule has 2 N–H and O–H groups in total. The molecule has 0 heterocycles. The highest BCUT2D eigenvalue weighted by Gasteiger charge is 2.50. The Labute approximate surface area is 107 Å². The first-order valence-corrected chi connectivity index (χ1v) is 6.12. The van der Waals surface area contributed by atoms with Gasteiger partial charge in [-0.1, -0.05) is 0 Å². The molecule has 0 unspecified atom stereocenters. The van der Waals surface area contributed by atoms with Crippen LogP contribution in [-0.4, -0.2) is 24.7 Å². The van der Waals surface area contributed by atoms with Crippen LogP contribution in [0, 0.1) is 19.3 Å². The van der Waals surface area contributed by atoms with Crippen LogP contribution in [0.5, 0.6) is 5.75 Å². The quantitative estimate of drug-likeness (QED) is 0.842. The average Bonchev–Trinajstić information content (AvgIpc) is 3.12. The van der Waals surface area contributed by atoms with Gasteiger partial charge in [0.15, 0.2) is 0 Å². The molecular weight excluding hydrogens is 230 g/mol. The molecule has 0 bridgehead atoms. The number of methoxy groups -OCH3 is 1. The molecule has 0 spiro atoms. The minimum absolute atomic E-state index is 0.495. The molecular formula is C14H19NO3. The zero-order chi connectivity index (χ0) is 13.3. The molecule has 1 aliphatic carbocycles. The van der Waals surface area contributed by atoms with Crippen LogP contribution in [0.4, 0.5) is 5.69 Å². The topological polar surface area (TPSA) is 58.6 Å². The molecule has 4 nitrogen and oxygen atoms in total. The molecule has 98 valence electrons. The van der Waals surface area contributed by atoms with Crippen LogP contribution in [0.2, 0.25) is 0 Å². The van der Waals surface area contributed by atoms with E-state index in [-0.39, 0.29) is 0 Å². The van der Waals surface area contributed by atoms with Crippen molar-refractivity contribution in [2.24, 2.45) is 5.41 Å². The minimum Gasteiger partial charge on any atom is -0.496 e. The van der Waals surface area contributed by atoms with Crippen molar-refractivity contribution in [3.63, 3.8) is 0 Å². The molecule has 1 saturated carbocycles. The maximum Gasteiger partial charge on any atom is 0.311 e. The third kappa shape index (κ3) is 2.15. The predicted octanol–water partition coefficient (Wildman–Crippen LogP) is 2.59. The molecule has 0 saturated heterocycles. The number of anilines is 1. The molecule has 1 fully saturated rings. The zero-order valence-corrected chi connectivity index (χ0v) is 11.0. The van der Waals surface area contributed by atoms with Gasteiger partial charge >= 0.3 is 5.97 Å². The number of carbonyl (C=O) groups is 1. The smallest absolute Gasteiger partial charge is 0.311 e. The van der Waals surface area contributed by atoms with E-state index in [1.165, 1.54) is 0 Å². The second kappa shape index (κ2) is 4.52. The van der Waals surface area contributed by atoms with Crippen LogP contribution in [-0.2, 0) is 4.79 Å². The Morgan fingerprint density at radius 2 is 2.06 bits per heavy atom. The molecule has 0 radical (unpaired) electrons. The lowest BCUT2D eigenvalue weighted by Gasteiger charge is -2.16. The lowest BCUT2D eigenvalue weighted by molar-refractivity contribution is -0.142. The van der Waals surface area contributed by atoms with Crippen molar-refractivity contribution >= 4 is 11.7 Å². The summed E-state index contributed by atoms with van der Waals surface area (Å²) in [6.45, 7) is 4.51. The van der Waals surface area contributed by atoms with Gasteiger partial charge in [-0.3, -0.25) is 4.79 Å². The fraction of sp³-hybridized carbons (Fsp3) is 0.500. The van der Waals surface area contributed by atoms with Crippen molar-refractivity contribution in [3.8, 4) is 5.75 Å². The molecule has 1 aromatic rings. The maximum absolute atomic E-state index is 11.1. The van der Waals surface area contributed by atoms with Gasteiger partial charge in [0.2, 0.25) is 0 Å². The minimum atomic E-state index is -0.696. The Hall–Kier alpha value is -1.71. The van der Waals surface area contributed by atoms with E-state index in [1.807, 2.05) is 26.0 Å². The molecule has 18 heavy (non-hydrogen) atoms. The summed E-state index contributed by atoms with van der Waals surface area (Å²) in [5.41, 5.74) is 2.64. The van der Waals surface area contributed by atoms with Gasteiger partial charge < -0.3 is 15.2 Å². The SMILES string of the molecule is COc1ccc(NCC2(C(=O)O)CC2)c(C)c1C. The molecule has 4 heteroatoms. The summed E-state index contributed by atoms with van der Waals surface area (Å²) in [7, 11) is 1.65. The lowest BCUT2D eigenvalue weighted by Crippen LogP contribution is -2.24. The van der Waals surface area contributed by atoms with Crippen LogP contribution < -0.4 is 10.1 Å². The molecule has 1 aromatic carbocycles. The number of aliphatic carboxylic acids is 1. The Kier molecular flexibility index (Phi) is 3.20. The molecule has 0 aromatic heterocycles. The summed E-state index contributed by atoms with van der Waals surface area (Å²) in [4.78, 5) is 11.1. The molecule has 0 amide bonds. The number of carboxylic acid groups (broad SMARTS) is 1. The fourth-order valence-electron chi connectivity index (χ4n) is 2.09. The molecule has 2 rings (SSSR count). The largest absolute Gasteiger partial charge is 0.496 e. The summed E-state index contributed by atoms with van der Waals surface area (Å²) < 4.78 is 5.25. The Morgan fingerprint density at radius 3 is 2.56 bits per heavy atom. The van der Waals surface area contributed by atoms with Gasteiger partial charge in [0.1, 0.15) is 5.75 Å². The van der Waals surface area contributed by atoms with Gasteiger partial charge in [-0.05, 0) is 49.9 Å². The first-order chi connectivity index (χ1) is 8.50. The number of benzene rings is 1. The second-order valence-electron chi connectivity index (χ2n) is 5.00. The van der Waals surface area contributed by atoms with E-state index in [0.29, 0.717) is 6.54 Å². The number of hydrogen-bond donors (Lipinski definition) is 2. The van der Waals surface area contributed by atoms with Crippen LogP contribution >= 0.6 is 0 Å². The fourth-order valence-corrected chi connectivity index (χ4v) is 2.09. The van der Waals surface area contributed by atoms with Gasteiger partial charge in [0.05, 0.1) is 12.5 Å². The normalized spacial score (nSPS) is 16.2. The summed E-state index contributed by atoms with van der Waals surface area (Å²) in [6.07, 6.45) is 1.53. The number of ether oxygens (including phenoxy) is 1. The number of hydrogen-bond acceptors (Lipinski definition) is 3. The van der Waals surface area contributed by atoms with Gasteiger partial charge in [0, 0.05) is 12.2 Å². The summed E-state index contributed by atoms with van der Waals surface area (Å²) in [6, 6.07) is 3.85. The number of rotatable bonds is 5. The van der Waals surface area contributed by atoms with Gasteiger partial charge in [0.25, 0.3) is 0 Å². The highest BCUT2D eigenvalue weighted by molar-refractivity contribution is 5.78. The Balaban J connectivity index is 2.11. The Bertz CT molecular complexity index is 478. The highest BCUT2D eigenvalue weighted by Crippen LogP contribution is 2.46. The van der Waals surface area contributed by atoms with Gasteiger partial charge in [-0.15, -0.1) is 0 Å². The van der Waals surface area contributed by atoms with Gasteiger partial charge in [-0.2, -0.15) is 0 Å². The van der Waals surface area contributed by atoms with Crippen molar-refractivity contribution in [1.82, 2.24) is 0 Å². The van der Waals surface area contributed by atoms with E-state index in [2.05, 4.69) is 5.32 Å². The van der Waals surface area contributed by atoms with Crippen LogP contribution in [0.25, 0.3) is 0 Å². The summed E-state index contributed by atoms with van der Waals surface area (Å²) in [5, 5.41) is 12.4. The van der Waals surface area contributed by atoms with Crippen molar-refractivity contribution in [1.29, 1.82) is 0 Å². The van der Waals surface area contributed by atoms with E-state index >= 15 is 0 Å². The van der Waals surface area contributed by atoms with Crippen molar-refractivity contribution < 1.29 is 14.6 Å². The highest BCUT2D eigenvalue weighted by atomic mass is 16.5. The van der Waals surface area contributed by atoms with E-state index in [1.54, 1.807) is 7.11 Å². The van der Waals surface area contributed by atoms with Crippen LogP contribution in [0.3, 0.4) is 0 Å². The lowest BCUT2D eigenvalue weighted by atomic mass is 10.0. The zero-order valence-electron chi connectivity index (χ0n) is 11.0. The molecule has 0 atom stereocenters. The predicted molar refractivity (Wildman–Crippen MR) is 70.3 cm³/mol. The van der Waals surface area contributed by atoms with E-state index < -0.39 is 11.4 Å². The van der Waals surface area contributed by atoms with Crippen LogP contribution in [0.1, 0.15) is 24.0 Å². The van der Waals surface area contributed by atoms with E-state index in [4.69, 9.17) is 9.84 Å². The van der Waals surface area contributed by atoms with Crippen molar-refractivity contribution in [3.05, 3.63) is 23.3 Å². The van der Waals surface area contributed by atoms with E-state index in [0.717, 1.165) is 35.4 Å². The summed E-state index contributed by atoms with van der Waals surface area (Å²) in [5.74, 6) is 0.162.